The highest BCUT2D eigenvalue weighted by Crippen LogP contribution is 2.08. The van der Waals surface area contributed by atoms with Gasteiger partial charge in [-0.1, -0.05) is 58.3 Å². The second kappa shape index (κ2) is 12.9. The van der Waals surface area contributed by atoms with Crippen LogP contribution < -0.4 is 11.1 Å². The highest BCUT2D eigenvalue weighted by molar-refractivity contribution is 4.48. The van der Waals surface area contributed by atoms with Crippen molar-refractivity contribution in [2.24, 2.45) is 5.73 Å². The zero-order valence-corrected chi connectivity index (χ0v) is 9.86. The molecule has 0 radical (unpaired) electrons. The van der Waals surface area contributed by atoms with E-state index in [1.165, 1.54) is 57.8 Å². The summed E-state index contributed by atoms with van der Waals surface area (Å²) in [7, 11) is 0. The van der Waals surface area contributed by atoms with Crippen molar-refractivity contribution in [3.63, 3.8) is 0 Å². The van der Waals surface area contributed by atoms with E-state index in [1.807, 2.05) is 0 Å². The maximum absolute atomic E-state index is 5.33. The van der Waals surface area contributed by atoms with Gasteiger partial charge in [0.1, 0.15) is 0 Å². The van der Waals surface area contributed by atoms with Gasteiger partial charge in [-0.2, -0.15) is 0 Å². The van der Waals surface area contributed by atoms with Gasteiger partial charge in [-0.25, -0.2) is 0 Å². The molecule has 0 saturated carbocycles. The van der Waals surface area contributed by atoms with Gasteiger partial charge in [0.15, 0.2) is 0 Å². The van der Waals surface area contributed by atoms with Crippen molar-refractivity contribution in [2.75, 3.05) is 13.2 Å². The normalized spacial score (nSPS) is 10.7. The minimum atomic E-state index is 0.622. The molecule has 0 bridgehead atoms. The molecule has 2 nitrogen and oxygen atoms in total. The average Bonchev–Trinajstić information content (AvgIpc) is 2.21. The Balaban J connectivity index is 2.78. The Kier molecular flexibility index (Phi) is 12.8. The summed E-state index contributed by atoms with van der Waals surface area (Å²) in [6, 6.07) is 0. The lowest BCUT2D eigenvalue weighted by molar-refractivity contribution is 0.551. The van der Waals surface area contributed by atoms with Crippen LogP contribution in [-0.4, -0.2) is 13.2 Å². The highest BCUT2D eigenvalue weighted by atomic mass is 14.9. The van der Waals surface area contributed by atoms with E-state index in [0.717, 1.165) is 6.54 Å². The molecule has 2 heteroatoms. The molecule has 0 fully saturated rings. The predicted octanol–water partition coefficient (Wildman–Crippen LogP) is 3.02. The van der Waals surface area contributed by atoms with E-state index in [0.29, 0.717) is 6.67 Å². The van der Waals surface area contributed by atoms with Crippen molar-refractivity contribution in [3.05, 3.63) is 0 Å². The summed E-state index contributed by atoms with van der Waals surface area (Å²) in [5.41, 5.74) is 5.33. The predicted molar refractivity (Wildman–Crippen MR) is 64.3 cm³/mol. The van der Waals surface area contributed by atoms with Gasteiger partial charge in [0, 0.05) is 6.67 Å². The summed E-state index contributed by atoms with van der Waals surface area (Å²) in [5.74, 6) is 0. The van der Waals surface area contributed by atoms with E-state index in [9.17, 15) is 0 Å². The van der Waals surface area contributed by atoms with E-state index < -0.39 is 0 Å². The van der Waals surface area contributed by atoms with Gasteiger partial charge in [0.2, 0.25) is 0 Å². The monoisotopic (exact) mass is 200 g/mol. The molecular formula is C12H28N2. The molecular weight excluding hydrogens is 172 g/mol. The van der Waals surface area contributed by atoms with E-state index in [4.69, 9.17) is 5.73 Å². The SMILES string of the molecule is CCCCCCCCCCCNCN. The third kappa shape index (κ3) is 11.9. The number of unbranched alkanes of at least 4 members (excludes halogenated alkanes) is 8. The van der Waals surface area contributed by atoms with Crippen LogP contribution in [0.1, 0.15) is 64.7 Å². The van der Waals surface area contributed by atoms with Gasteiger partial charge in [0.05, 0.1) is 0 Å². The third-order valence-corrected chi connectivity index (χ3v) is 2.60. The first-order chi connectivity index (χ1) is 6.91. The minimum absolute atomic E-state index is 0.622. The van der Waals surface area contributed by atoms with Gasteiger partial charge < -0.3 is 11.1 Å². The summed E-state index contributed by atoms with van der Waals surface area (Å²) in [6.07, 6.45) is 12.5. The molecule has 0 rings (SSSR count). The molecule has 0 aromatic carbocycles. The molecule has 0 aliphatic rings. The van der Waals surface area contributed by atoms with Gasteiger partial charge in [-0.05, 0) is 13.0 Å². The maximum Gasteiger partial charge on any atom is 0.0428 e. The van der Waals surface area contributed by atoms with Crippen LogP contribution in [0.4, 0.5) is 0 Å². The summed E-state index contributed by atoms with van der Waals surface area (Å²) < 4.78 is 0. The summed E-state index contributed by atoms with van der Waals surface area (Å²) >= 11 is 0. The van der Waals surface area contributed by atoms with Crippen molar-refractivity contribution in [1.29, 1.82) is 0 Å². The molecule has 0 spiro atoms. The molecule has 0 aliphatic heterocycles. The second-order valence-corrected chi connectivity index (χ2v) is 4.03. The Labute approximate surface area is 89.6 Å². The minimum Gasteiger partial charge on any atom is -0.318 e. The summed E-state index contributed by atoms with van der Waals surface area (Å²) in [6.45, 7) is 3.98. The van der Waals surface area contributed by atoms with Crippen molar-refractivity contribution in [2.45, 2.75) is 64.7 Å². The van der Waals surface area contributed by atoms with E-state index in [-0.39, 0.29) is 0 Å². The third-order valence-electron chi connectivity index (χ3n) is 2.60. The van der Waals surface area contributed by atoms with Crippen molar-refractivity contribution in [1.82, 2.24) is 5.32 Å². The van der Waals surface area contributed by atoms with Crippen molar-refractivity contribution < 1.29 is 0 Å². The molecule has 0 heterocycles. The lowest BCUT2D eigenvalue weighted by Crippen LogP contribution is -2.23. The quantitative estimate of drug-likeness (QED) is 0.397. The van der Waals surface area contributed by atoms with Crippen molar-refractivity contribution in [3.8, 4) is 0 Å². The molecule has 0 unspecified atom stereocenters. The molecule has 14 heavy (non-hydrogen) atoms. The first-order valence-electron chi connectivity index (χ1n) is 6.32. The Morgan fingerprint density at radius 1 is 0.786 bits per heavy atom. The summed E-state index contributed by atoms with van der Waals surface area (Å²) in [5, 5.41) is 3.14. The van der Waals surface area contributed by atoms with Gasteiger partial charge in [-0.15, -0.1) is 0 Å². The van der Waals surface area contributed by atoms with E-state index in [1.54, 1.807) is 0 Å². The van der Waals surface area contributed by atoms with Crippen LogP contribution in [0.3, 0.4) is 0 Å². The Morgan fingerprint density at radius 3 is 1.79 bits per heavy atom. The Morgan fingerprint density at radius 2 is 1.29 bits per heavy atom. The van der Waals surface area contributed by atoms with Crippen LogP contribution in [-0.2, 0) is 0 Å². The van der Waals surface area contributed by atoms with Crippen LogP contribution in [0.2, 0.25) is 0 Å². The second-order valence-electron chi connectivity index (χ2n) is 4.03. The van der Waals surface area contributed by atoms with Crippen LogP contribution in [0, 0.1) is 0 Å². The van der Waals surface area contributed by atoms with Gasteiger partial charge in [0.25, 0.3) is 0 Å². The number of hydrogen-bond donors (Lipinski definition) is 2. The van der Waals surface area contributed by atoms with Crippen molar-refractivity contribution >= 4 is 0 Å². The van der Waals surface area contributed by atoms with Gasteiger partial charge in [-0.3, -0.25) is 0 Å². The number of hydrogen-bond acceptors (Lipinski definition) is 2. The van der Waals surface area contributed by atoms with E-state index in [2.05, 4.69) is 12.2 Å². The standard InChI is InChI=1S/C12H28N2/c1-2-3-4-5-6-7-8-9-10-11-14-12-13/h14H,2-13H2,1H3. The molecule has 3 N–H and O–H groups in total. The fraction of sp³-hybridized carbons (Fsp3) is 1.00. The average molecular weight is 200 g/mol. The molecule has 0 aromatic rings. The first kappa shape index (κ1) is 13.9. The fourth-order valence-electron chi connectivity index (χ4n) is 1.66. The lowest BCUT2D eigenvalue weighted by atomic mass is 10.1. The smallest absolute Gasteiger partial charge is 0.0428 e. The number of rotatable bonds is 11. The van der Waals surface area contributed by atoms with Crippen LogP contribution in [0.5, 0.6) is 0 Å². The zero-order chi connectivity index (χ0) is 10.5. The Bertz CT molecular complexity index is 82.3. The first-order valence-corrected chi connectivity index (χ1v) is 6.32. The van der Waals surface area contributed by atoms with E-state index >= 15 is 0 Å². The lowest BCUT2D eigenvalue weighted by Gasteiger charge is -2.02. The molecule has 0 amide bonds. The highest BCUT2D eigenvalue weighted by Gasteiger charge is 1.91. The summed E-state index contributed by atoms with van der Waals surface area (Å²) in [4.78, 5) is 0. The molecule has 0 saturated heterocycles. The molecule has 0 aromatic heterocycles. The molecule has 86 valence electrons. The van der Waals surface area contributed by atoms with Gasteiger partial charge >= 0.3 is 0 Å². The fourth-order valence-corrected chi connectivity index (χ4v) is 1.66. The molecule has 0 aliphatic carbocycles. The zero-order valence-electron chi connectivity index (χ0n) is 9.86. The maximum atomic E-state index is 5.33. The van der Waals surface area contributed by atoms with Crippen LogP contribution in [0.15, 0.2) is 0 Å². The van der Waals surface area contributed by atoms with Crippen LogP contribution >= 0.6 is 0 Å². The number of nitrogens with two attached hydrogens (primary N) is 1. The van der Waals surface area contributed by atoms with Crippen LogP contribution in [0.25, 0.3) is 0 Å². The largest absolute Gasteiger partial charge is 0.318 e. The molecule has 0 atom stereocenters. The number of nitrogens with one attached hydrogen (secondary N) is 1. The Hall–Kier alpha value is -0.0800. The topological polar surface area (TPSA) is 38.0 Å².